The molecule has 0 aliphatic heterocycles. The Morgan fingerprint density at radius 1 is 0.379 bits per heavy atom. The maximum atomic E-state index is 13.3. The Morgan fingerprint density at radius 2 is 0.621 bits per heavy atom. The number of carbonyl (C=O) groups excluding carboxylic acids is 3. The largest absolute Gasteiger partial charge is 0.461 e. The monoisotopic (exact) mass is 805 g/mol. The molecule has 0 aliphatic rings. The Hall–Kier alpha value is -3.97. The van der Waals surface area contributed by atoms with Crippen LogP contribution in [0.2, 0.25) is 0 Å². The van der Waals surface area contributed by atoms with Crippen LogP contribution in [0.25, 0.3) is 0 Å². The van der Waals surface area contributed by atoms with Crippen LogP contribution in [0.5, 0.6) is 0 Å². The summed E-state index contributed by atoms with van der Waals surface area (Å²) in [5, 5.41) is 11.5. The lowest BCUT2D eigenvalue weighted by Gasteiger charge is -2.24. The van der Waals surface area contributed by atoms with Crippen LogP contribution in [0, 0.1) is 0 Å². The van der Waals surface area contributed by atoms with Gasteiger partial charge in [-0.1, -0.05) is 86.6 Å². The first kappa shape index (κ1) is 54.0. The van der Waals surface area contributed by atoms with Crippen molar-refractivity contribution >= 4 is 17.9 Å². The van der Waals surface area contributed by atoms with Gasteiger partial charge in [0, 0.05) is 0 Å². The predicted molar refractivity (Wildman–Crippen MR) is 243 cm³/mol. The van der Waals surface area contributed by atoms with E-state index in [1.54, 1.807) is 6.08 Å². The van der Waals surface area contributed by atoms with Crippen LogP contribution in [0.1, 0.15) is 173 Å². The summed E-state index contributed by atoms with van der Waals surface area (Å²) in [6.45, 7) is 24.8. The fourth-order valence-electron chi connectivity index (χ4n) is 5.75. The zero-order valence-corrected chi connectivity index (χ0v) is 38.6. The Labute approximate surface area is 353 Å². The molecule has 58 heavy (non-hydrogen) atoms. The van der Waals surface area contributed by atoms with Gasteiger partial charge >= 0.3 is 17.9 Å². The van der Waals surface area contributed by atoms with Gasteiger partial charge in [0.2, 0.25) is 0 Å². The van der Waals surface area contributed by atoms with E-state index in [4.69, 9.17) is 14.2 Å². The molecule has 0 atom stereocenters. The van der Waals surface area contributed by atoms with E-state index in [0.29, 0.717) is 0 Å². The second-order valence-electron chi connectivity index (χ2n) is 16.7. The lowest BCUT2D eigenvalue weighted by Crippen LogP contribution is -2.45. The highest BCUT2D eigenvalue weighted by molar-refractivity contribution is 5.90. The van der Waals surface area contributed by atoms with Crippen LogP contribution < -0.4 is 0 Å². The second-order valence-corrected chi connectivity index (χ2v) is 16.7. The van der Waals surface area contributed by atoms with Gasteiger partial charge in [0.15, 0.2) is 5.60 Å². The number of ether oxygens (including phenoxy) is 3. The van der Waals surface area contributed by atoms with Crippen LogP contribution in [0.3, 0.4) is 0 Å². The van der Waals surface area contributed by atoms with E-state index >= 15 is 0 Å². The van der Waals surface area contributed by atoms with Crippen molar-refractivity contribution in [1.82, 2.24) is 0 Å². The number of rotatable bonds is 29. The molecular weight excluding hydrogens is 725 g/mol. The smallest absolute Gasteiger partial charge is 0.339 e. The second kappa shape index (κ2) is 32.0. The van der Waals surface area contributed by atoms with Gasteiger partial charge in [0.25, 0.3) is 0 Å². The van der Waals surface area contributed by atoms with Gasteiger partial charge in [0.1, 0.15) is 19.8 Å². The molecule has 0 radical (unpaired) electrons. The third-order valence-corrected chi connectivity index (χ3v) is 9.62. The highest BCUT2D eigenvalue weighted by Crippen LogP contribution is 2.21. The lowest BCUT2D eigenvalue weighted by molar-refractivity contribution is -0.176. The molecule has 0 aliphatic carbocycles. The van der Waals surface area contributed by atoms with Crippen LogP contribution in [0.4, 0.5) is 0 Å². The number of esters is 3. The van der Waals surface area contributed by atoms with E-state index in [1.807, 2.05) is 32.9 Å². The maximum absolute atomic E-state index is 13.3. The predicted octanol–water partition coefficient (Wildman–Crippen LogP) is 13.4. The number of aliphatic hydroxyl groups is 1. The maximum Gasteiger partial charge on any atom is 0.339 e. The number of hydrogen-bond acceptors (Lipinski definition) is 7. The molecule has 7 nitrogen and oxygen atoms in total. The SMILES string of the molecule is CC(C)=CCC/C(C)=C/CC/C(C)=C/COC(=O)CC(O)(CC(=O)OC/C=C(\C)CC/C=C(\C)CCC=C(C)C)C(=O)OC/C=C(\C)CC/C=C(\C)CCC=C(C)C. The van der Waals surface area contributed by atoms with Crippen LogP contribution in [-0.2, 0) is 28.6 Å². The normalized spacial score (nSPS) is 14.0. The highest BCUT2D eigenvalue weighted by Gasteiger charge is 2.43. The molecule has 326 valence electrons. The Bertz CT molecular complexity index is 1470. The van der Waals surface area contributed by atoms with Crippen LogP contribution >= 0.6 is 0 Å². The van der Waals surface area contributed by atoms with Crippen molar-refractivity contribution in [1.29, 1.82) is 0 Å². The number of allylic oxidation sites excluding steroid dienone is 15. The van der Waals surface area contributed by atoms with Crippen molar-refractivity contribution in [2.75, 3.05) is 19.8 Å². The van der Waals surface area contributed by atoms with E-state index in [1.165, 1.54) is 33.4 Å². The minimum atomic E-state index is -2.44. The molecule has 0 saturated heterocycles. The summed E-state index contributed by atoms with van der Waals surface area (Å²) < 4.78 is 16.2. The average Bonchev–Trinajstić information content (AvgIpc) is 3.11. The van der Waals surface area contributed by atoms with Crippen LogP contribution in [-0.4, -0.2) is 48.4 Å². The molecule has 0 aromatic carbocycles. The van der Waals surface area contributed by atoms with Gasteiger partial charge in [-0.15, -0.1) is 0 Å². The van der Waals surface area contributed by atoms with Gasteiger partial charge in [0.05, 0.1) is 12.8 Å². The molecule has 1 N–H and O–H groups in total. The molecule has 0 spiro atoms. The molecule has 0 heterocycles. The molecular formula is C51H80O7. The third-order valence-electron chi connectivity index (χ3n) is 9.62. The topological polar surface area (TPSA) is 99.1 Å². The average molecular weight is 805 g/mol. The molecule has 0 aromatic rings. The standard InChI is InChI=1S/C51H80O7/c1-39(2)19-13-22-42(7)25-16-28-45(10)31-34-56-48(52)37-51(55,50(54)58-36-33-47(12)30-18-27-44(9)24-15-21-41(5)6)38-49(53)57-35-32-46(11)29-17-26-43(8)23-14-20-40(3)4/h19-21,25-27,31-33,55H,13-18,22-24,28-30,34-38H2,1-12H3/b42-25+,43-26+,44-27+,45-31+,46-32+,47-33+. The van der Waals surface area contributed by atoms with Gasteiger partial charge in [-0.3, -0.25) is 9.59 Å². The molecule has 0 aromatic heterocycles. The first-order valence-corrected chi connectivity index (χ1v) is 21.4. The molecule has 0 fully saturated rings. The fourth-order valence-corrected chi connectivity index (χ4v) is 5.75. The van der Waals surface area contributed by atoms with Gasteiger partial charge in [-0.2, -0.15) is 0 Å². The first-order chi connectivity index (χ1) is 27.3. The summed E-state index contributed by atoms with van der Waals surface area (Å²) in [4.78, 5) is 39.2. The minimum Gasteiger partial charge on any atom is -0.461 e. The Kier molecular flexibility index (Phi) is 29.8. The zero-order chi connectivity index (χ0) is 43.9. The van der Waals surface area contributed by atoms with Crippen molar-refractivity contribution in [2.45, 2.75) is 179 Å². The summed E-state index contributed by atoms with van der Waals surface area (Å²) in [7, 11) is 0. The fraction of sp³-hybridized carbons (Fsp3) is 0.588. The van der Waals surface area contributed by atoms with E-state index < -0.39 is 36.4 Å². The Morgan fingerprint density at radius 3 is 0.897 bits per heavy atom. The molecule has 0 saturated carbocycles. The van der Waals surface area contributed by atoms with Crippen molar-refractivity contribution in [3.05, 3.63) is 105 Å². The summed E-state index contributed by atoms with van der Waals surface area (Å²) >= 11 is 0. The molecule has 0 unspecified atom stereocenters. The van der Waals surface area contributed by atoms with E-state index in [2.05, 4.69) is 98.8 Å². The molecule has 0 rings (SSSR count). The zero-order valence-electron chi connectivity index (χ0n) is 38.6. The van der Waals surface area contributed by atoms with E-state index in [9.17, 15) is 19.5 Å². The van der Waals surface area contributed by atoms with Crippen molar-refractivity contribution in [3.8, 4) is 0 Å². The van der Waals surface area contributed by atoms with Gasteiger partial charge in [-0.05, 0) is 178 Å². The van der Waals surface area contributed by atoms with Crippen LogP contribution in [0.15, 0.2) is 105 Å². The Balaban J connectivity index is 5.45. The van der Waals surface area contributed by atoms with Crippen molar-refractivity contribution in [2.24, 2.45) is 0 Å². The quantitative estimate of drug-likeness (QED) is 0.0456. The molecule has 0 bridgehead atoms. The summed E-state index contributed by atoms with van der Waals surface area (Å²) in [6.07, 6.45) is 28.6. The summed E-state index contributed by atoms with van der Waals surface area (Å²) in [5.41, 5.74) is 8.68. The summed E-state index contributed by atoms with van der Waals surface area (Å²) in [6, 6.07) is 0. The third kappa shape index (κ3) is 31.1. The minimum absolute atomic E-state index is 0.0114. The highest BCUT2D eigenvalue weighted by atomic mass is 16.6. The number of hydrogen-bond donors (Lipinski definition) is 1. The lowest BCUT2D eigenvalue weighted by atomic mass is 9.95. The van der Waals surface area contributed by atoms with Gasteiger partial charge < -0.3 is 19.3 Å². The first-order valence-electron chi connectivity index (χ1n) is 21.4. The number of carbonyl (C=O) groups is 3. The van der Waals surface area contributed by atoms with Gasteiger partial charge in [-0.25, -0.2) is 4.79 Å². The van der Waals surface area contributed by atoms with E-state index in [0.717, 1.165) is 93.8 Å². The van der Waals surface area contributed by atoms with Crippen molar-refractivity contribution < 1.29 is 33.7 Å². The summed E-state index contributed by atoms with van der Waals surface area (Å²) in [5.74, 6) is -2.70. The molecule has 0 amide bonds. The van der Waals surface area contributed by atoms with Crippen molar-refractivity contribution in [3.63, 3.8) is 0 Å². The molecule has 7 heteroatoms. The van der Waals surface area contributed by atoms with E-state index in [-0.39, 0.29) is 19.8 Å².